The minimum Gasteiger partial charge on any atom is -0.404 e. The molecule has 2 aromatic carbocycles. The van der Waals surface area contributed by atoms with E-state index < -0.39 is 23.4 Å². The number of nitrogens with one attached hydrogen (secondary N) is 1. The Labute approximate surface area is 169 Å². The van der Waals surface area contributed by atoms with E-state index >= 15 is 0 Å². The number of hydrogen-bond donors (Lipinski definition) is 2. The SMILES string of the molecule is N#Cc1cncc(NC(=O)C(=CN)C(=Nc2cccc3ccccc23)C(F)(F)F)c1. The molecule has 0 radical (unpaired) electrons. The predicted octanol–water partition coefficient (Wildman–Crippen LogP) is 4.22. The monoisotopic (exact) mass is 409 g/mol. The van der Waals surface area contributed by atoms with Crippen molar-refractivity contribution in [3.63, 3.8) is 0 Å². The number of halogens is 3. The van der Waals surface area contributed by atoms with Crippen molar-refractivity contribution in [2.45, 2.75) is 6.18 Å². The van der Waals surface area contributed by atoms with Crippen LogP contribution in [0.2, 0.25) is 0 Å². The number of aromatic nitrogens is 1. The molecule has 0 aliphatic carbocycles. The molecule has 1 amide bonds. The number of hydrogen-bond acceptors (Lipinski definition) is 5. The molecule has 3 N–H and O–H groups in total. The smallest absolute Gasteiger partial charge is 0.404 e. The second kappa shape index (κ2) is 8.45. The van der Waals surface area contributed by atoms with Crippen LogP contribution in [0.15, 0.2) is 77.7 Å². The zero-order chi connectivity index (χ0) is 21.7. The van der Waals surface area contributed by atoms with Crippen molar-refractivity contribution >= 4 is 33.8 Å². The van der Waals surface area contributed by atoms with E-state index in [0.717, 1.165) is 0 Å². The maximum absolute atomic E-state index is 13.8. The quantitative estimate of drug-likeness (QED) is 0.497. The van der Waals surface area contributed by atoms with Crippen LogP contribution in [0.3, 0.4) is 0 Å². The molecule has 0 atom stereocenters. The molecule has 0 saturated carbocycles. The zero-order valence-electron chi connectivity index (χ0n) is 15.3. The van der Waals surface area contributed by atoms with E-state index in [1.807, 2.05) is 6.07 Å². The fraction of sp³-hybridized carbons (Fsp3) is 0.0476. The zero-order valence-corrected chi connectivity index (χ0v) is 15.3. The van der Waals surface area contributed by atoms with Gasteiger partial charge >= 0.3 is 6.18 Å². The lowest BCUT2D eigenvalue weighted by Crippen LogP contribution is -2.32. The maximum Gasteiger partial charge on any atom is 0.434 e. The van der Waals surface area contributed by atoms with Crippen LogP contribution in [0, 0.1) is 11.3 Å². The van der Waals surface area contributed by atoms with Crippen molar-refractivity contribution in [2.75, 3.05) is 5.32 Å². The minimum atomic E-state index is -4.95. The Kier molecular flexibility index (Phi) is 5.78. The number of nitrogens with zero attached hydrogens (tertiary/aromatic N) is 3. The number of alkyl halides is 3. The number of nitriles is 1. The largest absolute Gasteiger partial charge is 0.434 e. The Bertz CT molecular complexity index is 1200. The first-order valence-corrected chi connectivity index (χ1v) is 8.56. The number of fused-ring (bicyclic) bond motifs is 1. The van der Waals surface area contributed by atoms with Crippen LogP contribution in [0.4, 0.5) is 24.5 Å². The van der Waals surface area contributed by atoms with Crippen molar-refractivity contribution in [3.05, 3.63) is 78.3 Å². The van der Waals surface area contributed by atoms with Crippen LogP contribution in [0.5, 0.6) is 0 Å². The average molecular weight is 409 g/mol. The topological polar surface area (TPSA) is 104 Å². The number of amides is 1. The Balaban J connectivity index is 2.04. The molecule has 3 rings (SSSR count). The first-order chi connectivity index (χ1) is 14.3. The van der Waals surface area contributed by atoms with E-state index in [-0.39, 0.29) is 16.9 Å². The second-order valence-electron chi connectivity index (χ2n) is 6.07. The summed E-state index contributed by atoms with van der Waals surface area (Å²) < 4.78 is 41.4. The van der Waals surface area contributed by atoms with E-state index in [4.69, 9.17) is 11.0 Å². The molecule has 0 spiro atoms. The number of carbonyl (C=O) groups excluding carboxylic acids is 1. The molecule has 0 aliphatic heterocycles. The van der Waals surface area contributed by atoms with Gasteiger partial charge in [0.05, 0.1) is 28.7 Å². The number of carbonyl (C=O) groups is 1. The molecular weight excluding hydrogens is 395 g/mol. The van der Waals surface area contributed by atoms with E-state index in [1.165, 1.54) is 24.5 Å². The third-order valence-electron chi connectivity index (χ3n) is 4.06. The molecule has 0 bridgehead atoms. The summed E-state index contributed by atoms with van der Waals surface area (Å²) in [6, 6.07) is 14.6. The van der Waals surface area contributed by atoms with Gasteiger partial charge in [0.15, 0.2) is 5.71 Å². The van der Waals surface area contributed by atoms with Crippen LogP contribution in [-0.2, 0) is 4.79 Å². The van der Waals surface area contributed by atoms with Crippen LogP contribution in [0.25, 0.3) is 10.8 Å². The van der Waals surface area contributed by atoms with Crippen molar-refractivity contribution in [1.29, 1.82) is 5.26 Å². The molecule has 6 nitrogen and oxygen atoms in total. The molecule has 1 heterocycles. The van der Waals surface area contributed by atoms with Crippen LogP contribution >= 0.6 is 0 Å². The summed E-state index contributed by atoms with van der Waals surface area (Å²) in [4.78, 5) is 20.0. The number of aliphatic imine (C=N–C) groups is 1. The Hall–Kier alpha value is -4.19. The summed E-state index contributed by atoms with van der Waals surface area (Å²) in [6.45, 7) is 0. The highest BCUT2D eigenvalue weighted by atomic mass is 19.4. The minimum absolute atomic E-state index is 0.0423. The maximum atomic E-state index is 13.8. The highest BCUT2D eigenvalue weighted by molar-refractivity contribution is 6.27. The molecule has 150 valence electrons. The number of rotatable bonds is 4. The van der Waals surface area contributed by atoms with Crippen LogP contribution in [0.1, 0.15) is 5.56 Å². The summed E-state index contributed by atoms with van der Waals surface area (Å²) in [6.07, 6.45) is -1.96. The van der Waals surface area contributed by atoms with Gasteiger partial charge in [-0.2, -0.15) is 18.4 Å². The Morgan fingerprint density at radius 3 is 2.60 bits per heavy atom. The van der Waals surface area contributed by atoms with Crippen molar-refractivity contribution in [3.8, 4) is 6.07 Å². The second-order valence-corrected chi connectivity index (χ2v) is 6.07. The summed E-state index contributed by atoms with van der Waals surface area (Å²) in [5, 5.41) is 12.3. The lowest BCUT2D eigenvalue weighted by Gasteiger charge is -2.14. The van der Waals surface area contributed by atoms with E-state index in [9.17, 15) is 18.0 Å². The van der Waals surface area contributed by atoms with Crippen molar-refractivity contribution in [1.82, 2.24) is 4.98 Å². The Morgan fingerprint density at radius 2 is 1.90 bits per heavy atom. The van der Waals surface area contributed by atoms with E-state index in [2.05, 4.69) is 15.3 Å². The highest BCUT2D eigenvalue weighted by Gasteiger charge is 2.40. The number of anilines is 1. The fourth-order valence-corrected chi connectivity index (χ4v) is 2.73. The van der Waals surface area contributed by atoms with Crippen molar-refractivity contribution < 1.29 is 18.0 Å². The van der Waals surface area contributed by atoms with Gasteiger partial charge in [-0.3, -0.25) is 9.78 Å². The molecular formula is C21H14F3N5O. The molecule has 30 heavy (non-hydrogen) atoms. The van der Waals surface area contributed by atoms with Gasteiger partial charge in [-0.05, 0) is 17.5 Å². The summed E-state index contributed by atoms with van der Waals surface area (Å²) in [7, 11) is 0. The lowest BCUT2D eigenvalue weighted by molar-refractivity contribution is -0.113. The summed E-state index contributed by atoms with van der Waals surface area (Å²) >= 11 is 0. The summed E-state index contributed by atoms with van der Waals surface area (Å²) in [5.74, 6) is -1.13. The molecule has 0 fully saturated rings. The Morgan fingerprint density at radius 1 is 1.17 bits per heavy atom. The van der Waals surface area contributed by atoms with Gasteiger partial charge < -0.3 is 11.1 Å². The molecule has 3 aromatic rings. The van der Waals surface area contributed by atoms with Gasteiger partial charge in [-0.15, -0.1) is 0 Å². The fourth-order valence-electron chi connectivity index (χ4n) is 2.73. The molecule has 1 aromatic heterocycles. The van der Waals surface area contributed by atoms with Crippen LogP contribution < -0.4 is 11.1 Å². The van der Waals surface area contributed by atoms with Crippen molar-refractivity contribution in [2.24, 2.45) is 10.7 Å². The third-order valence-corrected chi connectivity index (χ3v) is 4.06. The van der Waals surface area contributed by atoms with Gasteiger partial charge in [0, 0.05) is 17.8 Å². The molecule has 0 saturated heterocycles. The average Bonchev–Trinajstić information content (AvgIpc) is 2.73. The standard InChI is InChI=1S/C21H14F3N5O/c22-21(23,24)19(29-18-7-3-5-14-4-1-2-6-16(14)18)17(10-26)20(30)28-15-8-13(9-25)11-27-12-15/h1-8,10-12H,26H2,(H,28,30). The van der Waals surface area contributed by atoms with E-state index in [0.29, 0.717) is 17.0 Å². The number of nitrogens with two attached hydrogens (primary N) is 1. The first-order valence-electron chi connectivity index (χ1n) is 8.56. The molecule has 0 unspecified atom stereocenters. The van der Waals surface area contributed by atoms with Gasteiger partial charge in [0.25, 0.3) is 5.91 Å². The molecule has 9 heteroatoms. The van der Waals surface area contributed by atoms with Gasteiger partial charge in [-0.25, -0.2) is 4.99 Å². The van der Waals surface area contributed by atoms with Gasteiger partial charge in [-0.1, -0.05) is 36.4 Å². The third kappa shape index (κ3) is 4.44. The van der Waals surface area contributed by atoms with Crippen LogP contribution in [-0.4, -0.2) is 22.8 Å². The predicted molar refractivity (Wildman–Crippen MR) is 107 cm³/mol. The molecule has 0 aliphatic rings. The normalized spacial score (nSPS) is 12.5. The number of benzene rings is 2. The van der Waals surface area contributed by atoms with Gasteiger partial charge in [0.2, 0.25) is 0 Å². The lowest BCUT2D eigenvalue weighted by atomic mass is 10.1. The highest BCUT2D eigenvalue weighted by Crippen LogP contribution is 2.31. The van der Waals surface area contributed by atoms with Gasteiger partial charge in [0.1, 0.15) is 6.07 Å². The van der Waals surface area contributed by atoms with E-state index in [1.54, 1.807) is 36.4 Å². The first kappa shape index (κ1) is 20.5. The number of pyridine rings is 1. The summed E-state index contributed by atoms with van der Waals surface area (Å²) in [5.41, 5.74) is 3.29.